The van der Waals surface area contributed by atoms with E-state index >= 15 is 0 Å². The Hall–Kier alpha value is -0.200. The van der Waals surface area contributed by atoms with Crippen LogP contribution in [0, 0.1) is 23.7 Å². The van der Waals surface area contributed by atoms with Gasteiger partial charge in [-0.2, -0.15) is 0 Å². The lowest BCUT2D eigenvalue weighted by atomic mass is 9.57. The molecule has 1 spiro atoms. The molecule has 5 nitrogen and oxygen atoms in total. The Labute approximate surface area is 132 Å². The second-order valence-electron chi connectivity index (χ2n) is 7.96. The maximum absolute atomic E-state index is 9.36. The number of aliphatic hydroxyl groups is 1. The summed E-state index contributed by atoms with van der Waals surface area (Å²) in [5.74, 6) is 1.01. The Morgan fingerprint density at radius 3 is 2.68 bits per heavy atom. The molecule has 4 saturated heterocycles. The van der Waals surface area contributed by atoms with Gasteiger partial charge in [-0.25, -0.2) is 9.78 Å². The van der Waals surface area contributed by atoms with Gasteiger partial charge in [-0.05, 0) is 50.4 Å². The SMILES string of the molecule is C[C@@H]1[C@H]2CC[C@@H](C)[C@@H]3CC[C@@]4(C)OO[C@@]23[C@H](O[C@@H]1CCO)O4. The zero-order valence-corrected chi connectivity index (χ0v) is 13.8. The van der Waals surface area contributed by atoms with Crippen LogP contribution in [0.2, 0.25) is 0 Å². The van der Waals surface area contributed by atoms with Gasteiger partial charge in [-0.3, -0.25) is 0 Å². The van der Waals surface area contributed by atoms with E-state index in [0.717, 1.165) is 19.3 Å². The van der Waals surface area contributed by atoms with Gasteiger partial charge in [0.25, 0.3) is 0 Å². The van der Waals surface area contributed by atoms with Crippen LogP contribution in [-0.2, 0) is 19.2 Å². The molecule has 5 heteroatoms. The molecule has 0 aromatic rings. The summed E-state index contributed by atoms with van der Waals surface area (Å²) in [6, 6.07) is 0. The van der Waals surface area contributed by atoms with E-state index in [0.29, 0.717) is 30.1 Å². The van der Waals surface area contributed by atoms with Crippen molar-refractivity contribution < 1.29 is 24.4 Å². The first kappa shape index (κ1) is 15.3. The van der Waals surface area contributed by atoms with Crippen LogP contribution < -0.4 is 0 Å². The molecule has 5 fully saturated rings. The van der Waals surface area contributed by atoms with E-state index in [9.17, 15) is 5.11 Å². The van der Waals surface area contributed by atoms with Gasteiger partial charge in [0.05, 0.1) is 6.10 Å². The lowest BCUT2D eigenvalue weighted by Crippen LogP contribution is -2.70. The molecule has 0 unspecified atom stereocenters. The maximum atomic E-state index is 9.36. The number of hydrogen-bond donors (Lipinski definition) is 1. The molecule has 1 saturated carbocycles. The van der Waals surface area contributed by atoms with Gasteiger partial charge in [-0.1, -0.05) is 13.8 Å². The Morgan fingerprint density at radius 1 is 1.09 bits per heavy atom. The molecular formula is C17H28O5. The highest BCUT2D eigenvalue weighted by Gasteiger charge is 2.69. The predicted octanol–water partition coefficient (Wildman–Crippen LogP) is 2.62. The second kappa shape index (κ2) is 5.15. The molecule has 8 atom stereocenters. The molecule has 0 aromatic carbocycles. The topological polar surface area (TPSA) is 57.2 Å². The quantitative estimate of drug-likeness (QED) is 0.794. The van der Waals surface area contributed by atoms with E-state index in [1.807, 2.05) is 6.92 Å². The lowest BCUT2D eigenvalue weighted by molar-refractivity contribution is -0.571. The summed E-state index contributed by atoms with van der Waals surface area (Å²) in [5.41, 5.74) is -0.473. The third-order valence-corrected chi connectivity index (χ3v) is 6.71. The average molecular weight is 312 g/mol. The minimum atomic E-state index is -0.706. The summed E-state index contributed by atoms with van der Waals surface area (Å²) >= 11 is 0. The van der Waals surface area contributed by atoms with E-state index in [2.05, 4.69) is 13.8 Å². The minimum Gasteiger partial charge on any atom is -0.396 e. The van der Waals surface area contributed by atoms with Crippen molar-refractivity contribution in [1.82, 2.24) is 0 Å². The van der Waals surface area contributed by atoms with Gasteiger partial charge < -0.3 is 14.6 Å². The van der Waals surface area contributed by atoms with Crippen molar-refractivity contribution in [2.24, 2.45) is 23.7 Å². The van der Waals surface area contributed by atoms with E-state index in [1.54, 1.807) is 0 Å². The Kier molecular flexibility index (Phi) is 3.59. The summed E-state index contributed by atoms with van der Waals surface area (Å²) in [7, 11) is 0. The van der Waals surface area contributed by atoms with Gasteiger partial charge in [0.1, 0.15) is 0 Å². The van der Waals surface area contributed by atoms with Crippen molar-refractivity contribution >= 4 is 0 Å². The normalized spacial score (nSPS) is 57.3. The van der Waals surface area contributed by atoms with Crippen LogP contribution in [0.15, 0.2) is 0 Å². The van der Waals surface area contributed by atoms with Crippen molar-refractivity contribution in [2.75, 3.05) is 6.61 Å². The Morgan fingerprint density at radius 2 is 1.91 bits per heavy atom. The van der Waals surface area contributed by atoms with E-state index in [4.69, 9.17) is 19.2 Å². The third-order valence-electron chi connectivity index (χ3n) is 6.71. The molecule has 5 aliphatic rings. The summed E-state index contributed by atoms with van der Waals surface area (Å²) in [6.07, 6.45) is 4.56. The molecular weight excluding hydrogens is 284 g/mol. The van der Waals surface area contributed by atoms with Crippen molar-refractivity contribution in [3.8, 4) is 0 Å². The zero-order chi connectivity index (χ0) is 15.5. The largest absolute Gasteiger partial charge is 0.396 e. The van der Waals surface area contributed by atoms with Crippen molar-refractivity contribution in [2.45, 2.75) is 76.7 Å². The lowest BCUT2D eigenvalue weighted by Gasteiger charge is -2.60. The van der Waals surface area contributed by atoms with Crippen LogP contribution in [0.3, 0.4) is 0 Å². The van der Waals surface area contributed by atoms with Crippen LogP contribution >= 0.6 is 0 Å². The average Bonchev–Trinajstić information content (AvgIpc) is 2.71. The highest BCUT2D eigenvalue weighted by molar-refractivity contribution is 5.09. The first-order valence-corrected chi connectivity index (χ1v) is 8.81. The Balaban J connectivity index is 1.75. The molecule has 126 valence electrons. The zero-order valence-electron chi connectivity index (χ0n) is 13.8. The van der Waals surface area contributed by atoms with Gasteiger partial charge in [0.15, 0.2) is 11.9 Å². The van der Waals surface area contributed by atoms with Gasteiger partial charge in [0, 0.05) is 18.9 Å². The minimum absolute atomic E-state index is 0.0335. The highest BCUT2D eigenvalue weighted by atomic mass is 17.3. The van der Waals surface area contributed by atoms with Crippen LogP contribution in [0.4, 0.5) is 0 Å². The maximum Gasteiger partial charge on any atom is 0.201 e. The third kappa shape index (κ3) is 1.96. The molecule has 2 bridgehead atoms. The Bertz CT molecular complexity index is 443. The number of ether oxygens (including phenoxy) is 2. The summed E-state index contributed by atoms with van der Waals surface area (Å²) in [4.78, 5) is 11.8. The first-order valence-electron chi connectivity index (χ1n) is 8.81. The summed E-state index contributed by atoms with van der Waals surface area (Å²) in [5, 5.41) is 9.36. The number of fused-ring (bicyclic) bond motifs is 2. The van der Waals surface area contributed by atoms with Gasteiger partial charge in [0.2, 0.25) is 5.79 Å². The smallest absolute Gasteiger partial charge is 0.201 e. The number of rotatable bonds is 2. The van der Waals surface area contributed by atoms with E-state index in [1.165, 1.54) is 6.42 Å². The number of hydrogen-bond acceptors (Lipinski definition) is 5. The summed E-state index contributed by atoms with van der Waals surface area (Å²) < 4.78 is 12.6. The monoisotopic (exact) mass is 312 g/mol. The van der Waals surface area contributed by atoms with Crippen LogP contribution in [0.1, 0.15) is 52.9 Å². The molecule has 0 radical (unpaired) electrons. The van der Waals surface area contributed by atoms with Crippen LogP contribution in [-0.4, -0.2) is 35.5 Å². The van der Waals surface area contributed by atoms with E-state index in [-0.39, 0.29) is 19.0 Å². The van der Waals surface area contributed by atoms with Crippen molar-refractivity contribution in [3.63, 3.8) is 0 Å². The highest BCUT2D eigenvalue weighted by Crippen LogP contribution is 2.60. The molecule has 5 rings (SSSR count). The number of aliphatic hydroxyl groups excluding tert-OH is 1. The predicted molar refractivity (Wildman–Crippen MR) is 78.5 cm³/mol. The fourth-order valence-corrected chi connectivity index (χ4v) is 5.44. The molecule has 1 aliphatic carbocycles. The second-order valence-corrected chi connectivity index (χ2v) is 7.96. The van der Waals surface area contributed by atoms with Gasteiger partial charge in [-0.15, -0.1) is 0 Å². The van der Waals surface area contributed by atoms with Crippen molar-refractivity contribution in [3.05, 3.63) is 0 Å². The fourth-order valence-electron chi connectivity index (χ4n) is 5.44. The summed E-state index contributed by atoms with van der Waals surface area (Å²) in [6.45, 7) is 6.64. The van der Waals surface area contributed by atoms with E-state index < -0.39 is 11.4 Å². The molecule has 22 heavy (non-hydrogen) atoms. The molecule has 4 heterocycles. The molecule has 1 N–H and O–H groups in total. The fraction of sp³-hybridized carbons (Fsp3) is 1.00. The van der Waals surface area contributed by atoms with Crippen molar-refractivity contribution in [1.29, 1.82) is 0 Å². The van der Waals surface area contributed by atoms with Crippen LogP contribution in [0.5, 0.6) is 0 Å². The standard InChI is InChI=1S/C17H28O5/c1-10-4-5-13-11(2)14(7-9-18)19-15-17(13)12(10)6-8-16(3,20-15)21-22-17/h10-15,18H,4-9H2,1-3H3/t10-,11-,12+,13-,14-,15-,16-,17-/m1/s1. The van der Waals surface area contributed by atoms with Crippen LogP contribution in [0.25, 0.3) is 0 Å². The molecule has 0 amide bonds. The van der Waals surface area contributed by atoms with Gasteiger partial charge >= 0.3 is 0 Å². The first-order chi connectivity index (χ1) is 10.5. The molecule has 4 aliphatic heterocycles. The molecule has 0 aromatic heterocycles.